The maximum Gasteiger partial charge on any atom is 0.119 e. The Balaban J connectivity index is 1.44. The summed E-state index contributed by atoms with van der Waals surface area (Å²) < 4.78 is 5.89. The summed E-state index contributed by atoms with van der Waals surface area (Å²) >= 11 is 0. The molecule has 0 unspecified atom stereocenters. The average molecular weight is 308 g/mol. The molecule has 1 N–H and O–H groups in total. The first-order valence-corrected chi connectivity index (χ1v) is 8.67. The molecule has 2 nitrogen and oxygen atoms in total. The second-order valence-electron chi connectivity index (χ2n) is 7.30. The topological polar surface area (TPSA) is 29.5 Å². The van der Waals surface area contributed by atoms with Gasteiger partial charge in [-0.25, -0.2) is 0 Å². The molecule has 0 amide bonds. The molecule has 2 aromatic rings. The summed E-state index contributed by atoms with van der Waals surface area (Å²) in [5, 5.41) is 10.4. The summed E-state index contributed by atoms with van der Waals surface area (Å²) in [4.78, 5) is 0. The van der Waals surface area contributed by atoms with Crippen LogP contribution in [0.25, 0.3) is 0 Å². The van der Waals surface area contributed by atoms with Crippen LogP contribution in [-0.2, 0) is 12.0 Å². The number of hydrogen-bond acceptors (Lipinski definition) is 2. The minimum atomic E-state index is -0.361. The van der Waals surface area contributed by atoms with E-state index in [1.54, 1.807) is 0 Å². The molecule has 120 valence electrons. The molecule has 0 heterocycles. The Hall–Kier alpha value is -1.80. The molecule has 0 aromatic heterocycles. The molecule has 2 aromatic carbocycles. The smallest absolute Gasteiger partial charge is 0.119 e. The molecule has 2 heteroatoms. The molecule has 0 atom stereocenters. The number of rotatable bonds is 4. The van der Waals surface area contributed by atoms with Gasteiger partial charge in [0.15, 0.2) is 0 Å². The zero-order chi connectivity index (χ0) is 15.8. The van der Waals surface area contributed by atoms with Crippen LogP contribution in [0.15, 0.2) is 54.6 Å². The van der Waals surface area contributed by atoms with Crippen molar-refractivity contribution in [2.75, 3.05) is 0 Å². The molecule has 3 fully saturated rings. The van der Waals surface area contributed by atoms with Gasteiger partial charge in [0.1, 0.15) is 12.4 Å². The summed E-state index contributed by atoms with van der Waals surface area (Å²) in [5.41, 5.74) is 2.54. The van der Waals surface area contributed by atoms with Gasteiger partial charge < -0.3 is 9.84 Å². The van der Waals surface area contributed by atoms with Crippen LogP contribution in [0.5, 0.6) is 5.75 Å². The maximum atomic E-state index is 10.4. The first-order chi connectivity index (χ1) is 11.2. The van der Waals surface area contributed by atoms with Crippen LogP contribution in [-0.4, -0.2) is 10.7 Å². The van der Waals surface area contributed by atoms with Crippen LogP contribution in [0.4, 0.5) is 0 Å². The molecule has 2 bridgehead atoms. The molecular formula is C21H24O2. The van der Waals surface area contributed by atoms with Crippen molar-refractivity contribution < 1.29 is 9.84 Å². The van der Waals surface area contributed by atoms with Crippen LogP contribution >= 0.6 is 0 Å². The molecular weight excluding hydrogens is 284 g/mol. The Labute approximate surface area is 138 Å². The van der Waals surface area contributed by atoms with E-state index in [4.69, 9.17) is 4.74 Å². The van der Waals surface area contributed by atoms with E-state index in [9.17, 15) is 5.11 Å². The Morgan fingerprint density at radius 2 is 1.39 bits per heavy atom. The molecule has 0 radical (unpaired) electrons. The van der Waals surface area contributed by atoms with E-state index in [2.05, 4.69) is 36.4 Å². The van der Waals surface area contributed by atoms with Crippen LogP contribution < -0.4 is 4.74 Å². The van der Waals surface area contributed by atoms with Crippen molar-refractivity contribution in [3.05, 3.63) is 65.7 Å². The van der Waals surface area contributed by atoms with Crippen LogP contribution in [0.2, 0.25) is 0 Å². The molecule has 5 rings (SSSR count). The third-order valence-electron chi connectivity index (χ3n) is 5.92. The molecule has 0 spiro atoms. The van der Waals surface area contributed by atoms with Gasteiger partial charge in [0.05, 0.1) is 5.60 Å². The number of aliphatic hydroxyl groups is 1. The van der Waals surface area contributed by atoms with Crippen LogP contribution in [0.1, 0.15) is 49.7 Å². The molecule has 23 heavy (non-hydrogen) atoms. The predicted octanol–water partition coefficient (Wildman–Crippen LogP) is 4.60. The molecule has 3 saturated carbocycles. The first kappa shape index (κ1) is 14.8. The Morgan fingerprint density at radius 3 is 2.00 bits per heavy atom. The zero-order valence-corrected chi connectivity index (χ0v) is 13.5. The van der Waals surface area contributed by atoms with Crippen LogP contribution in [0.3, 0.4) is 0 Å². The standard InChI is InChI=1S/C21H24O2/c22-21-13-10-20(11-14-21,12-15-21)18-6-8-19(9-7-18)23-16-17-4-2-1-3-5-17/h1-9,22H,10-16H2. The Bertz CT molecular complexity index is 635. The minimum absolute atomic E-state index is 0.294. The highest BCUT2D eigenvalue weighted by molar-refractivity contribution is 5.34. The van der Waals surface area contributed by atoms with Gasteiger partial charge in [-0.15, -0.1) is 0 Å². The summed E-state index contributed by atoms with van der Waals surface area (Å²) in [5.74, 6) is 0.928. The second-order valence-corrected chi connectivity index (χ2v) is 7.30. The van der Waals surface area contributed by atoms with E-state index < -0.39 is 0 Å². The normalized spacial score (nSPS) is 29.4. The van der Waals surface area contributed by atoms with Gasteiger partial charge >= 0.3 is 0 Å². The van der Waals surface area contributed by atoms with E-state index >= 15 is 0 Å². The van der Waals surface area contributed by atoms with E-state index in [0.29, 0.717) is 12.0 Å². The van der Waals surface area contributed by atoms with Crippen LogP contribution in [0, 0.1) is 0 Å². The zero-order valence-electron chi connectivity index (χ0n) is 13.5. The fourth-order valence-electron chi connectivity index (χ4n) is 4.24. The predicted molar refractivity (Wildman–Crippen MR) is 91.5 cm³/mol. The van der Waals surface area contributed by atoms with Crippen molar-refractivity contribution in [2.24, 2.45) is 0 Å². The molecule has 3 aliphatic rings. The average Bonchev–Trinajstić information content (AvgIpc) is 2.62. The summed E-state index contributed by atoms with van der Waals surface area (Å²) in [6, 6.07) is 18.9. The van der Waals surface area contributed by atoms with Gasteiger partial charge in [0, 0.05) is 0 Å². The Kier molecular flexibility index (Phi) is 3.65. The lowest BCUT2D eigenvalue weighted by molar-refractivity contribution is -0.0660. The monoisotopic (exact) mass is 308 g/mol. The van der Waals surface area contributed by atoms with Gasteiger partial charge in [-0.3, -0.25) is 0 Å². The number of benzene rings is 2. The number of fused-ring (bicyclic) bond motifs is 3. The van der Waals surface area contributed by atoms with Crippen molar-refractivity contribution in [3.8, 4) is 5.75 Å². The van der Waals surface area contributed by atoms with Gasteiger partial charge in [-0.2, -0.15) is 0 Å². The highest BCUT2D eigenvalue weighted by Gasteiger charge is 2.48. The first-order valence-electron chi connectivity index (χ1n) is 8.67. The summed E-state index contributed by atoms with van der Waals surface area (Å²) in [7, 11) is 0. The van der Waals surface area contributed by atoms with E-state index in [1.165, 1.54) is 11.1 Å². The lowest BCUT2D eigenvalue weighted by atomic mass is 9.56. The van der Waals surface area contributed by atoms with Crippen molar-refractivity contribution in [1.29, 1.82) is 0 Å². The maximum absolute atomic E-state index is 10.4. The van der Waals surface area contributed by atoms with Crippen molar-refractivity contribution in [1.82, 2.24) is 0 Å². The van der Waals surface area contributed by atoms with Gasteiger partial charge in [-0.05, 0) is 67.2 Å². The highest BCUT2D eigenvalue weighted by atomic mass is 16.5. The Morgan fingerprint density at radius 1 is 0.783 bits per heavy atom. The minimum Gasteiger partial charge on any atom is -0.489 e. The quantitative estimate of drug-likeness (QED) is 0.894. The number of ether oxygens (including phenoxy) is 1. The third-order valence-corrected chi connectivity index (χ3v) is 5.92. The van der Waals surface area contributed by atoms with Gasteiger partial charge in [0.25, 0.3) is 0 Å². The highest BCUT2D eigenvalue weighted by Crippen LogP contribution is 2.53. The summed E-state index contributed by atoms with van der Waals surface area (Å²) in [6.07, 6.45) is 6.23. The largest absolute Gasteiger partial charge is 0.489 e. The van der Waals surface area contributed by atoms with Crippen molar-refractivity contribution in [2.45, 2.75) is 56.1 Å². The molecule has 3 aliphatic carbocycles. The van der Waals surface area contributed by atoms with E-state index in [-0.39, 0.29) is 5.60 Å². The SMILES string of the molecule is OC12CCC(c3ccc(OCc4ccccc4)cc3)(CC1)CC2. The van der Waals surface area contributed by atoms with Gasteiger partial charge in [0.2, 0.25) is 0 Å². The number of hydrogen-bond donors (Lipinski definition) is 1. The lowest BCUT2D eigenvalue weighted by Crippen LogP contribution is -2.48. The molecule has 0 saturated heterocycles. The summed E-state index contributed by atoms with van der Waals surface area (Å²) in [6.45, 7) is 0.609. The van der Waals surface area contributed by atoms with Gasteiger partial charge in [-0.1, -0.05) is 42.5 Å². The van der Waals surface area contributed by atoms with Crippen molar-refractivity contribution >= 4 is 0 Å². The van der Waals surface area contributed by atoms with E-state index in [1.807, 2.05) is 18.2 Å². The fourth-order valence-corrected chi connectivity index (χ4v) is 4.24. The van der Waals surface area contributed by atoms with Crippen molar-refractivity contribution in [3.63, 3.8) is 0 Å². The fraction of sp³-hybridized carbons (Fsp3) is 0.429. The molecule has 0 aliphatic heterocycles. The lowest BCUT2D eigenvalue weighted by Gasteiger charge is -2.51. The third kappa shape index (κ3) is 2.88. The second kappa shape index (κ2) is 5.68. The van der Waals surface area contributed by atoms with E-state index in [0.717, 1.165) is 44.3 Å².